The summed E-state index contributed by atoms with van der Waals surface area (Å²) in [5.41, 5.74) is 0.279. The van der Waals surface area contributed by atoms with Gasteiger partial charge in [0.1, 0.15) is 0 Å². The zero-order valence-corrected chi connectivity index (χ0v) is 20.4. The monoisotopic (exact) mass is 555 g/mol. The van der Waals surface area contributed by atoms with E-state index in [4.69, 9.17) is 9.47 Å². The lowest BCUT2D eigenvalue weighted by Gasteiger charge is -2.13. The van der Waals surface area contributed by atoms with Gasteiger partial charge < -0.3 is 20.1 Å². The summed E-state index contributed by atoms with van der Waals surface area (Å²) in [5, 5.41) is 9.51. The van der Waals surface area contributed by atoms with E-state index in [2.05, 4.69) is 20.7 Å². The van der Waals surface area contributed by atoms with Gasteiger partial charge >= 0.3 is 6.18 Å². The molecule has 7 nitrogen and oxygen atoms in total. The van der Waals surface area contributed by atoms with E-state index in [1.165, 1.54) is 13.2 Å². The predicted octanol–water partition coefficient (Wildman–Crippen LogP) is 3.76. The van der Waals surface area contributed by atoms with E-state index < -0.39 is 11.9 Å². The van der Waals surface area contributed by atoms with Crippen molar-refractivity contribution in [3.05, 3.63) is 41.2 Å². The molecule has 0 saturated carbocycles. The molecule has 2 N–H and O–H groups in total. The van der Waals surface area contributed by atoms with Crippen LogP contribution in [0.4, 0.5) is 13.2 Å². The van der Waals surface area contributed by atoms with E-state index in [-0.39, 0.29) is 36.1 Å². The van der Waals surface area contributed by atoms with Crippen LogP contribution >= 0.6 is 24.0 Å². The summed E-state index contributed by atoms with van der Waals surface area (Å²) in [7, 11) is 4.63. The van der Waals surface area contributed by atoms with Crippen molar-refractivity contribution >= 4 is 29.9 Å². The summed E-state index contributed by atoms with van der Waals surface area (Å²) in [6.45, 7) is 3.04. The van der Waals surface area contributed by atoms with E-state index in [0.717, 1.165) is 23.1 Å². The Labute approximate surface area is 197 Å². The Hall–Kier alpha value is -2.18. The fraction of sp³-hybridized carbons (Fsp3) is 0.500. The van der Waals surface area contributed by atoms with Gasteiger partial charge in [-0.15, -0.1) is 24.0 Å². The van der Waals surface area contributed by atoms with Crippen LogP contribution in [-0.4, -0.2) is 43.0 Å². The molecule has 2 rings (SSSR count). The number of rotatable bonds is 9. The van der Waals surface area contributed by atoms with Crippen LogP contribution in [0.3, 0.4) is 0 Å². The van der Waals surface area contributed by atoms with Gasteiger partial charge in [0, 0.05) is 38.9 Å². The molecule has 0 aliphatic carbocycles. The number of methoxy groups -OCH3 is 1. The average Bonchev–Trinajstić information content (AvgIpc) is 3.09. The van der Waals surface area contributed by atoms with Crippen LogP contribution in [0, 0.1) is 0 Å². The van der Waals surface area contributed by atoms with Gasteiger partial charge in [-0.05, 0) is 37.5 Å². The van der Waals surface area contributed by atoms with Crippen molar-refractivity contribution in [2.45, 2.75) is 32.5 Å². The number of aryl methyl sites for hydroxylation is 2. The molecule has 0 unspecified atom stereocenters. The van der Waals surface area contributed by atoms with Crippen molar-refractivity contribution < 1.29 is 22.6 Å². The van der Waals surface area contributed by atoms with E-state index in [1.807, 2.05) is 25.1 Å². The van der Waals surface area contributed by atoms with Gasteiger partial charge in [-0.3, -0.25) is 9.67 Å². The summed E-state index contributed by atoms with van der Waals surface area (Å²) in [6, 6.07) is 5.81. The Morgan fingerprint density at radius 3 is 2.58 bits per heavy atom. The van der Waals surface area contributed by atoms with Gasteiger partial charge in [-0.1, -0.05) is 6.07 Å². The highest BCUT2D eigenvalue weighted by Crippen LogP contribution is 2.30. The van der Waals surface area contributed by atoms with Gasteiger partial charge in [0.25, 0.3) is 0 Å². The summed E-state index contributed by atoms with van der Waals surface area (Å²) < 4.78 is 51.1. The van der Waals surface area contributed by atoms with Crippen LogP contribution in [0.25, 0.3) is 0 Å². The third-order valence-corrected chi connectivity index (χ3v) is 4.31. The fourth-order valence-electron chi connectivity index (χ4n) is 2.95. The number of hydrogen-bond donors (Lipinski definition) is 2. The van der Waals surface area contributed by atoms with Crippen molar-refractivity contribution in [1.82, 2.24) is 20.4 Å². The Morgan fingerprint density at radius 1 is 1.23 bits per heavy atom. The van der Waals surface area contributed by atoms with E-state index >= 15 is 0 Å². The van der Waals surface area contributed by atoms with E-state index in [1.54, 1.807) is 14.2 Å². The number of nitrogens with zero attached hydrogens (tertiary/aromatic N) is 3. The van der Waals surface area contributed by atoms with Gasteiger partial charge in [0.05, 0.1) is 13.7 Å². The predicted molar refractivity (Wildman–Crippen MR) is 124 cm³/mol. The molecule has 0 radical (unpaired) electrons. The molecule has 1 heterocycles. The number of alkyl halides is 3. The minimum absolute atomic E-state index is 0. The standard InChI is InChI=1S/C20H28F3N5O2.HI/c1-5-30-17-11-14(8-9-16(17)29-4)7-6-10-25-19(24-2)26-12-15-13-28(3)27-18(15)20(21,22)23;/h8-9,11,13H,5-7,10,12H2,1-4H3,(H2,24,25,26);1H. The van der Waals surface area contributed by atoms with Gasteiger partial charge in [-0.2, -0.15) is 18.3 Å². The van der Waals surface area contributed by atoms with Gasteiger partial charge in [0.15, 0.2) is 23.2 Å². The molecule has 31 heavy (non-hydrogen) atoms. The molecule has 174 valence electrons. The third-order valence-electron chi connectivity index (χ3n) is 4.31. The molecule has 0 atom stereocenters. The quantitative estimate of drug-likeness (QED) is 0.214. The second kappa shape index (κ2) is 12.6. The number of hydrogen-bond acceptors (Lipinski definition) is 4. The average molecular weight is 555 g/mol. The summed E-state index contributed by atoms with van der Waals surface area (Å²) in [5.74, 6) is 1.83. The van der Waals surface area contributed by atoms with Crippen molar-refractivity contribution in [1.29, 1.82) is 0 Å². The normalized spacial score (nSPS) is 11.6. The van der Waals surface area contributed by atoms with Crippen molar-refractivity contribution in [3.8, 4) is 11.5 Å². The largest absolute Gasteiger partial charge is 0.493 e. The first kappa shape index (κ1) is 26.9. The number of guanidine groups is 1. The Kier molecular flexibility index (Phi) is 10.9. The Bertz CT molecular complexity index is 856. The molecule has 0 aliphatic rings. The maximum atomic E-state index is 13.0. The maximum absolute atomic E-state index is 13.0. The molecule has 0 saturated heterocycles. The number of halogens is 4. The third kappa shape index (κ3) is 8.11. The molecule has 0 fully saturated rings. The van der Waals surface area contributed by atoms with E-state index in [9.17, 15) is 13.2 Å². The van der Waals surface area contributed by atoms with Crippen molar-refractivity contribution in [2.75, 3.05) is 27.3 Å². The second-order valence-electron chi connectivity index (χ2n) is 6.55. The summed E-state index contributed by atoms with van der Waals surface area (Å²) >= 11 is 0. The van der Waals surface area contributed by atoms with Gasteiger partial charge in [0.2, 0.25) is 0 Å². The molecular formula is C20H29F3IN5O2. The first-order valence-corrected chi connectivity index (χ1v) is 9.62. The highest BCUT2D eigenvalue weighted by atomic mass is 127. The molecule has 0 spiro atoms. The first-order chi connectivity index (χ1) is 14.3. The molecule has 0 amide bonds. The number of aromatic nitrogens is 2. The highest BCUT2D eigenvalue weighted by molar-refractivity contribution is 14.0. The van der Waals surface area contributed by atoms with Crippen LogP contribution < -0.4 is 20.1 Å². The van der Waals surface area contributed by atoms with Crippen LogP contribution in [0.2, 0.25) is 0 Å². The molecule has 0 aliphatic heterocycles. The number of ether oxygens (including phenoxy) is 2. The van der Waals surface area contributed by atoms with Gasteiger partial charge in [-0.25, -0.2) is 0 Å². The topological polar surface area (TPSA) is 72.7 Å². The molecule has 2 aromatic rings. The molecule has 1 aromatic carbocycles. The van der Waals surface area contributed by atoms with Crippen LogP contribution in [0.15, 0.2) is 29.4 Å². The SMILES string of the molecule is CCOc1cc(CCCNC(=NC)NCc2cn(C)nc2C(F)(F)F)ccc1OC.I. The van der Waals surface area contributed by atoms with Crippen LogP contribution in [0.1, 0.15) is 30.2 Å². The minimum atomic E-state index is -4.49. The maximum Gasteiger partial charge on any atom is 0.435 e. The summed E-state index contributed by atoms with van der Waals surface area (Å²) in [4.78, 5) is 4.06. The molecular weight excluding hydrogens is 526 g/mol. The van der Waals surface area contributed by atoms with E-state index in [0.29, 0.717) is 30.6 Å². The zero-order chi connectivity index (χ0) is 22.1. The number of aliphatic imine (C=N–C) groups is 1. The lowest BCUT2D eigenvalue weighted by Crippen LogP contribution is -2.37. The molecule has 1 aromatic heterocycles. The molecule has 0 bridgehead atoms. The zero-order valence-electron chi connectivity index (χ0n) is 18.0. The number of benzene rings is 1. The second-order valence-corrected chi connectivity index (χ2v) is 6.55. The summed E-state index contributed by atoms with van der Waals surface area (Å²) in [6.07, 6.45) is -1.54. The Morgan fingerprint density at radius 2 is 1.97 bits per heavy atom. The molecule has 11 heteroatoms. The Balaban J connectivity index is 0.00000480. The van der Waals surface area contributed by atoms with Crippen LogP contribution in [0.5, 0.6) is 11.5 Å². The van der Waals surface area contributed by atoms with Crippen molar-refractivity contribution in [3.63, 3.8) is 0 Å². The lowest BCUT2D eigenvalue weighted by atomic mass is 10.1. The number of nitrogens with one attached hydrogen (secondary N) is 2. The van der Waals surface area contributed by atoms with Crippen LogP contribution in [-0.2, 0) is 26.2 Å². The minimum Gasteiger partial charge on any atom is -0.493 e. The first-order valence-electron chi connectivity index (χ1n) is 9.62. The van der Waals surface area contributed by atoms with Crippen molar-refractivity contribution in [2.24, 2.45) is 12.0 Å². The smallest absolute Gasteiger partial charge is 0.435 e. The highest BCUT2D eigenvalue weighted by Gasteiger charge is 2.36. The lowest BCUT2D eigenvalue weighted by molar-refractivity contribution is -0.142. The fourth-order valence-corrected chi connectivity index (χ4v) is 2.95.